The molecule has 3 aromatic carbocycles. The number of ketones is 1. The number of Topliss-reactive ketones (excluding diaryl/α,β-unsaturated/α-hetero) is 1. The predicted octanol–water partition coefficient (Wildman–Crippen LogP) is 6.71. The van der Waals surface area contributed by atoms with Gasteiger partial charge in [0, 0.05) is 95.3 Å². The number of nitrogens with one attached hydrogen (secondary N) is 2. The van der Waals surface area contributed by atoms with Crippen molar-refractivity contribution in [1.82, 2.24) is 10.3 Å². The van der Waals surface area contributed by atoms with Crippen LogP contribution in [-0.4, -0.2) is 94.1 Å². The van der Waals surface area contributed by atoms with Gasteiger partial charge in [0.05, 0.1) is 21.2 Å². The first kappa shape index (κ1) is 47.4. The minimum atomic E-state index is -4.62. The van der Waals surface area contributed by atoms with Crippen LogP contribution < -0.4 is 10.2 Å². The van der Waals surface area contributed by atoms with Crippen molar-refractivity contribution in [2.24, 2.45) is 0 Å². The number of aromatic nitrogens is 1. The van der Waals surface area contributed by atoms with E-state index >= 15 is 0 Å². The van der Waals surface area contributed by atoms with Crippen molar-refractivity contribution < 1.29 is 44.3 Å². The molecule has 0 fully saturated rings. The van der Waals surface area contributed by atoms with E-state index < -0.39 is 52.4 Å². The van der Waals surface area contributed by atoms with E-state index in [-0.39, 0.29) is 28.5 Å². The summed E-state index contributed by atoms with van der Waals surface area (Å²) in [5, 5.41) is 5.05. The van der Waals surface area contributed by atoms with Crippen molar-refractivity contribution in [2.45, 2.75) is 93.4 Å². The predicted molar refractivity (Wildman–Crippen MR) is 249 cm³/mol. The van der Waals surface area contributed by atoms with Crippen molar-refractivity contribution in [3.63, 3.8) is 0 Å². The smallest absolute Gasteiger partial charge is 0.294 e. The Kier molecular flexibility index (Phi) is 13.6. The quantitative estimate of drug-likeness (QED) is 0.0337. The van der Waals surface area contributed by atoms with Gasteiger partial charge in [0.2, 0.25) is 11.6 Å². The van der Waals surface area contributed by atoms with Gasteiger partial charge in [-0.1, -0.05) is 50.3 Å². The van der Waals surface area contributed by atoms with Gasteiger partial charge in [-0.15, -0.1) is 0 Å². The largest absolute Gasteiger partial charge is 0.744 e. The molecule has 4 aromatic rings. The first-order valence-electron chi connectivity index (χ1n) is 20.8. The number of hydrogen-bond donors (Lipinski definition) is 3. The molecule has 0 radical (unpaired) electrons. The standard InChI is InChI=1S/C47H56N4O9S3/c1-8-50-40-24-22-33(62(55,56)57)28-36(40)46(2,3)43(50)19-11-9-12-20-44-47(4,5)37-29-34(63(58,59)60)23-25-41(37)51(44)26-16-10-13-21-45(53)49-39(42(52)31-61(6,7)54)27-32-30-48-38-18-15-14-17-35(32)38/h9,11-12,14-15,17-20,22-25,28-31,39,48H,8,10,13,16,21,26-27H2,1-7H3,(H2-,49,53,55,56,57,58,59,60)/t39-/m0/s1. The Morgan fingerprint density at radius 1 is 0.889 bits per heavy atom. The Hall–Kier alpha value is -5.13. The van der Waals surface area contributed by atoms with Crippen LogP contribution in [0.25, 0.3) is 10.9 Å². The second-order valence-corrected chi connectivity index (χ2v) is 23.1. The number of nitrogens with zero attached hydrogens (tertiary/aromatic N) is 2. The molecule has 63 heavy (non-hydrogen) atoms. The van der Waals surface area contributed by atoms with Gasteiger partial charge in [0.15, 0.2) is 11.5 Å². The van der Waals surface area contributed by atoms with Crippen LogP contribution in [0.3, 0.4) is 0 Å². The molecule has 1 aromatic heterocycles. The number of benzene rings is 3. The molecule has 0 unspecified atom stereocenters. The van der Waals surface area contributed by atoms with Gasteiger partial charge in [0.25, 0.3) is 10.1 Å². The summed E-state index contributed by atoms with van der Waals surface area (Å²) in [5.74, 6) is -0.681. The number of anilines is 1. The first-order chi connectivity index (χ1) is 29.4. The van der Waals surface area contributed by atoms with E-state index in [1.807, 2.05) is 95.5 Å². The number of fused-ring (bicyclic) bond motifs is 3. The Balaban J connectivity index is 1.17. The summed E-state index contributed by atoms with van der Waals surface area (Å²) < 4.78 is 84.3. The molecule has 13 nitrogen and oxygen atoms in total. The average Bonchev–Trinajstić information content (AvgIpc) is 3.77. The first-order valence-corrected chi connectivity index (χ1v) is 26.1. The van der Waals surface area contributed by atoms with Gasteiger partial charge < -0.3 is 19.8 Å². The third-order valence-electron chi connectivity index (χ3n) is 11.8. The number of unbranched alkanes of at least 4 members (excludes halogenated alkanes) is 2. The van der Waals surface area contributed by atoms with Crippen LogP contribution in [0.4, 0.5) is 11.4 Å². The summed E-state index contributed by atoms with van der Waals surface area (Å²) >= 11 is 0. The van der Waals surface area contributed by atoms with Crippen LogP contribution in [0.5, 0.6) is 0 Å². The zero-order valence-corrected chi connectivity index (χ0v) is 39.1. The Morgan fingerprint density at radius 2 is 1.59 bits per heavy atom. The van der Waals surface area contributed by atoms with Gasteiger partial charge in [-0.25, -0.2) is 8.42 Å². The number of hydrogen-bond acceptors (Lipinski definition) is 9. The van der Waals surface area contributed by atoms with E-state index in [2.05, 4.69) is 19.8 Å². The molecule has 16 heteroatoms. The van der Waals surface area contributed by atoms with Crippen LogP contribution in [0, 0.1) is 0 Å². The molecule has 6 rings (SSSR count). The summed E-state index contributed by atoms with van der Waals surface area (Å²) in [5.41, 5.74) is 5.49. The highest BCUT2D eigenvalue weighted by atomic mass is 32.2. The van der Waals surface area contributed by atoms with Crippen LogP contribution >= 0.6 is 0 Å². The Morgan fingerprint density at radius 3 is 2.27 bits per heavy atom. The lowest BCUT2D eigenvalue weighted by Gasteiger charge is -2.25. The SMILES string of the molecule is CCN1/C(=C/C=C/C=C/C2=[N+](CCCCCC(=O)N[C@@H](Cc3c[nH]c4ccccc34)C(=O)C=S(C)(C)=O)c3ccc(S(=O)(=O)O)cc3C2(C)C)C(C)(C)c2cc(S(=O)(=O)[O-])ccc21. The maximum absolute atomic E-state index is 13.3. The molecule has 0 bridgehead atoms. The molecular weight excluding hydrogens is 861 g/mol. The van der Waals surface area contributed by atoms with Crippen molar-refractivity contribution in [2.75, 3.05) is 30.5 Å². The number of likely N-dealkylation sites (N-methyl/N-ethyl adjacent to an activating group) is 1. The molecule has 0 saturated carbocycles. The summed E-state index contributed by atoms with van der Waals surface area (Å²) in [6.45, 7) is 11.1. The number of para-hydroxylation sites is 1. The highest BCUT2D eigenvalue weighted by molar-refractivity contribution is 8.01. The Bertz CT molecular complexity index is 2940. The van der Waals surface area contributed by atoms with Crippen LogP contribution in [0.15, 0.2) is 113 Å². The zero-order chi connectivity index (χ0) is 46.1. The molecule has 0 spiro atoms. The minimum Gasteiger partial charge on any atom is -0.744 e. The van der Waals surface area contributed by atoms with Crippen molar-refractivity contribution in [1.29, 1.82) is 0 Å². The highest BCUT2D eigenvalue weighted by Gasteiger charge is 2.45. The summed E-state index contributed by atoms with van der Waals surface area (Å²) in [6, 6.07) is 15.9. The molecule has 1 amide bonds. The molecule has 2 aliphatic heterocycles. The summed E-state index contributed by atoms with van der Waals surface area (Å²) in [4.78, 5) is 31.4. The van der Waals surface area contributed by atoms with Crippen molar-refractivity contribution in [3.05, 3.63) is 120 Å². The third kappa shape index (κ3) is 10.5. The fourth-order valence-electron chi connectivity index (χ4n) is 8.67. The van der Waals surface area contributed by atoms with E-state index in [0.29, 0.717) is 32.4 Å². The molecule has 0 saturated heterocycles. The minimum absolute atomic E-state index is 0.179. The summed E-state index contributed by atoms with van der Waals surface area (Å²) in [6.07, 6.45) is 16.7. The molecule has 3 N–H and O–H groups in total. The van der Waals surface area contributed by atoms with E-state index in [9.17, 15) is 39.7 Å². The second-order valence-electron chi connectivity index (χ2n) is 17.4. The zero-order valence-electron chi connectivity index (χ0n) is 36.7. The number of rotatable bonds is 17. The van der Waals surface area contributed by atoms with Crippen molar-refractivity contribution >= 4 is 74.8 Å². The van der Waals surface area contributed by atoms with Gasteiger partial charge in [-0.05, 0) is 96.7 Å². The van der Waals surface area contributed by atoms with Crippen LogP contribution in [0.2, 0.25) is 0 Å². The maximum Gasteiger partial charge on any atom is 0.294 e. The lowest BCUT2D eigenvalue weighted by molar-refractivity contribution is -0.438. The van der Waals surface area contributed by atoms with Crippen LogP contribution in [0.1, 0.15) is 77.0 Å². The maximum atomic E-state index is 13.3. The summed E-state index contributed by atoms with van der Waals surface area (Å²) in [7, 11) is -11.6. The number of carbonyl (C=O) groups excluding carboxylic acids is 2. The Labute approximate surface area is 371 Å². The third-order valence-corrected chi connectivity index (χ3v) is 14.3. The number of aromatic amines is 1. The van der Waals surface area contributed by atoms with E-state index in [1.54, 1.807) is 12.1 Å². The van der Waals surface area contributed by atoms with Gasteiger partial charge in [-0.2, -0.15) is 13.0 Å². The van der Waals surface area contributed by atoms with Gasteiger partial charge in [0.1, 0.15) is 16.7 Å². The lowest BCUT2D eigenvalue weighted by Crippen LogP contribution is -2.43. The average molecular weight is 917 g/mol. The van der Waals surface area contributed by atoms with Gasteiger partial charge in [-0.3, -0.25) is 18.4 Å². The monoisotopic (exact) mass is 916 g/mol. The lowest BCUT2D eigenvalue weighted by atomic mass is 9.81. The molecule has 336 valence electrons. The molecular formula is C47H56N4O9S3. The molecule has 2 aliphatic rings. The normalized spacial score (nSPS) is 17.2. The number of carbonyl (C=O) groups is 2. The highest BCUT2D eigenvalue weighted by Crippen LogP contribution is 2.48. The number of allylic oxidation sites excluding steroid dienone is 6. The van der Waals surface area contributed by atoms with Crippen molar-refractivity contribution in [3.8, 4) is 0 Å². The molecule has 1 atom stereocenters. The van der Waals surface area contributed by atoms with Crippen LogP contribution in [-0.2, 0) is 56.6 Å². The second kappa shape index (κ2) is 18.2. The molecule has 3 heterocycles. The molecule has 0 aliphatic carbocycles. The fraction of sp³-hybridized carbons (Fsp3) is 0.362. The van der Waals surface area contributed by atoms with E-state index in [4.69, 9.17) is 0 Å². The number of H-pyrrole nitrogens is 1. The number of amides is 1. The van der Waals surface area contributed by atoms with E-state index in [1.165, 1.54) is 42.1 Å². The van der Waals surface area contributed by atoms with Gasteiger partial charge >= 0.3 is 0 Å². The topological polar surface area (TPSA) is 197 Å². The van der Waals surface area contributed by atoms with E-state index in [0.717, 1.165) is 50.4 Å². The fourth-order valence-corrected chi connectivity index (χ4v) is 10.4.